The highest BCUT2D eigenvalue weighted by Gasteiger charge is 2.28. The lowest BCUT2D eigenvalue weighted by Crippen LogP contribution is -2.29. The second-order valence-electron chi connectivity index (χ2n) is 5.85. The van der Waals surface area contributed by atoms with E-state index in [9.17, 15) is 4.79 Å². The van der Waals surface area contributed by atoms with Gasteiger partial charge in [0.1, 0.15) is 5.82 Å². The number of carbonyl (C=O) groups is 1. The third-order valence-corrected chi connectivity index (χ3v) is 4.82. The molecule has 1 amide bonds. The number of nitrogens with one attached hydrogen (secondary N) is 2. The summed E-state index contributed by atoms with van der Waals surface area (Å²) in [5, 5.41) is 15.3. The molecule has 1 aromatic carbocycles. The Labute approximate surface area is 142 Å². The van der Waals surface area contributed by atoms with Crippen molar-refractivity contribution in [1.29, 1.82) is 0 Å². The molecule has 1 unspecified atom stereocenters. The number of hydrogen-bond acceptors (Lipinski definition) is 6. The van der Waals surface area contributed by atoms with Gasteiger partial charge < -0.3 is 10.3 Å². The fraction of sp³-hybridized carbons (Fsp3) is 0.400. The third-order valence-electron chi connectivity index (χ3n) is 3.88. The van der Waals surface area contributed by atoms with E-state index in [0.717, 1.165) is 29.7 Å². The maximum absolute atomic E-state index is 12.2. The first-order valence-corrected chi connectivity index (χ1v) is 8.84. The van der Waals surface area contributed by atoms with Crippen LogP contribution in [0.3, 0.4) is 0 Å². The van der Waals surface area contributed by atoms with Crippen LogP contribution in [0.5, 0.6) is 0 Å². The van der Waals surface area contributed by atoms with Crippen LogP contribution in [0.1, 0.15) is 37.7 Å². The van der Waals surface area contributed by atoms with Crippen molar-refractivity contribution in [3.05, 3.63) is 30.1 Å². The summed E-state index contributed by atoms with van der Waals surface area (Å²) in [6.07, 6.45) is 2.21. The van der Waals surface area contributed by atoms with Crippen molar-refractivity contribution in [2.45, 2.75) is 37.0 Å². The number of benzene rings is 1. The fourth-order valence-electron chi connectivity index (χ4n) is 2.49. The standard InChI is InChI=1S/C15H17N7OS/c1-9(14-17-11-4-2-3-5-12(11)18-14)16-13(23)8-24-15-19-20-21-22(15)10-6-7-10/h2-5,9-10H,6-8H2,1H3,(H,16,23)(H,17,18). The van der Waals surface area contributed by atoms with Crippen LogP contribution in [0.15, 0.2) is 29.4 Å². The second-order valence-corrected chi connectivity index (χ2v) is 6.80. The van der Waals surface area contributed by atoms with Crippen molar-refractivity contribution in [2.75, 3.05) is 5.75 Å². The van der Waals surface area contributed by atoms with Crippen LogP contribution in [-0.4, -0.2) is 41.8 Å². The Balaban J connectivity index is 1.35. The SMILES string of the molecule is CC(NC(=O)CSc1nnnn1C1CC1)c1nc2ccccc2[nH]1. The van der Waals surface area contributed by atoms with Gasteiger partial charge in [0, 0.05) is 0 Å². The Kier molecular flexibility index (Phi) is 3.93. The molecular formula is C15H17N7OS. The monoisotopic (exact) mass is 343 g/mol. The van der Waals surface area contributed by atoms with Crippen molar-refractivity contribution in [1.82, 2.24) is 35.5 Å². The summed E-state index contributed by atoms with van der Waals surface area (Å²) < 4.78 is 1.81. The smallest absolute Gasteiger partial charge is 0.231 e. The van der Waals surface area contributed by atoms with Crippen LogP contribution in [0.25, 0.3) is 11.0 Å². The van der Waals surface area contributed by atoms with Gasteiger partial charge in [0.15, 0.2) is 0 Å². The van der Waals surface area contributed by atoms with Crippen molar-refractivity contribution in [3.63, 3.8) is 0 Å². The van der Waals surface area contributed by atoms with Gasteiger partial charge in [0.05, 0.1) is 28.9 Å². The zero-order chi connectivity index (χ0) is 16.5. The molecule has 4 rings (SSSR count). The van der Waals surface area contributed by atoms with Gasteiger partial charge in [-0.05, 0) is 42.3 Å². The van der Waals surface area contributed by atoms with Gasteiger partial charge >= 0.3 is 0 Å². The lowest BCUT2D eigenvalue weighted by molar-refractivity contribution is -0.119. The molecule has 8 nitrogen and oxygen atoms in total. The van der Waals surface area contributed by atoms with E-state index < -0.39 is 0 Å². The largest absolute Gasteiger partial charge is 0.346 e. The molecule has 1 aliphatic carbocycles. The first-order valence-electron chi connectivity index (χ1n) is 7.85. The number of fused-ring (bicyclic) bond motifs is 1. The molecule has 1 saturated carbocycles. The predicted octanol–water partition coefficient (Wildman–Crippen LogP) is 1.85. The average molecular weight is 343 g/mol. The number of imidazole rings is 1. The normalized spacial score (nSPS) is 15.5. The predicted molar refractivity (Wildman–Crippen MR) is 89.5 cm³/mol. The van der Waals surface area contributed by atoms with Crippen LogP contribution >= 0.6 is 11.8 Å². The minimum atomic E-state index is -0.190. The van der Waals surface area contributed by atoms with Gasteiger partial charge in [-0.3, -0.25) is 4.79 Å². The van der Waals surface area contributed by atoms with Gasteiger partial charge in [-0.15, -0.1) is 5.10 Å². The van der Waals surface area contributed by atoms with Gasteiger partial charge in [-0.2, -0.15) is 0 Å². The Morgan fingerprint density at radius 3 is 3.08 bits per heavy atom. The molecule has 0 bridgehead atoms. The average Bonchev–Trinajstić information content (AvgIpc) is 3.16. The molecule has 0 saturated heterocycles. The zero-order valence-corrected chi connectivity index (χ0v) is 14.0. The summed E-state index contributed by atoms with van der Waals surface area (Å²) in [4.78, 5) is 19.9. The molecule has 9 heteroatoms. The maximum atomic E-state index is 12.2. The van der Waals surface area contributed by atoms with Crippen LogP contribution in [0, 0.1) is 0 Å². The number of rotatable bonds is 6. The molecular weight excluding hydrogens is 326 g/mol. The Morgan fingerprint density at radius 2 is 2.29 bits per heavy atom. The molecule has 2 aromatic heterocycles. The lowest BCUT2D eigenvalue weighted by atomic mass is 10.3. The fourth-order valence-corrected chi connectivity index (χ4v) is 3.24. The van der Waals surface area contributed by atoms with Crippen molar-refractivity contribution in [3.8, 4) is 0 Å². The summed E-state index contributed by atoms with van der Waals surface area (Å²) >= 11 is 1.36. The van der Waals surface area contributed by atoms with E-state index in [2.05, 4.69) is 30.8 Å². The van der Waals surface area contributed by atoms with Crippen molar-refractivity contribution >= 4 is 28.7 Å². The summed E-state index contributed by atoms with van der Waals surface area (Å²) in [5.74, 6) is 0.952. The van der Waals surface area contributed by atoms with E-state index in [0.29, 0.717) is 11.2 Å². The number of tetrazole rings is 1. The highest BCUT2D eigenvalue weighted by atomic mass is 32.2. The molecule has 24 heavy (non-hydrogen) atoms. The molecule has 1 atom stereocenters. The van der Waals surface area contributed by atoms with Crippen LogP contribution in [0.4, 0.5) is 0 Å². The maximum Gasteiger partial charge on any atom is 0.231 e. The number of para-hydroxylation sites is 2. The Hall–Kier alpha value is -2.42. The first kappa shape index (κ1) is 15.1. The van der Waals surface area contributed by atoms with E-state index in [1.165, 1.54) is 11.8 Å². The molecule has 124 valence electrons. The number of H-pyrrole nitrogens is 1. The quantitative estimate of drug-likeness (QED) is 0.662. The zero-order valence-electron chi connectivity index (χ0n) is 13.1. The van der Waals surface area contributed by atoms with E-state index in [1.54, 1.807) is 4.68 Å². The molecule has 1 fully saturated rings. The molecule has 2 heterocycles. The summed E-state index contributed by atoms with van der Waals surface area (Å²) in [7, 11) is 0. The number of thioether (sulfide) groups is 1. The second kappa shape index (κ2) is 6.23. The van der Waals surface area contributed by atoms with Crippen LogP contribution in [-0.2, 0) is 4.79 Å². The lowest BCUT2D eigenvalue weighted by Gasteiger charge is -2.11. The van der Waals surface area contributed by atoms with E-state index >= 15 is 0 Å². The molecule has 0 spiro atoms. The summed E-state index contributed by atoms with van der Waals surface area (Å²) in [6, 6.07) is 8.01. The highest BCUT2D eigenvalue weighted by molar-refractivity contribution is 7.99. The summed E-state index contributed by atoms with van der Waals surface area (Å²) in [6.45, 7) is 1.91. The van der Waals surface area contributed by atoms with Crippen LogP contribution in [0.2, 0.25) is 0 Å². The number of aromatic nitrogens is 6. The number of hydrogen-bond donors (Lipinski definition) is 2. The van der Waals surface area contributed by atoms with Crippen LogP contribution < -0.4 is 5.32 Å². The molecule has 1 aliphatic rings. The third kappa shape index (κ3) is 3.12. The Morgan fingerprint density at radius 1 is 1.46 bits per heavy atom. The van der Waals surface area contributed by atoms with Gasteiger partial charge in [-0.1, -0.05) is 23.9 Å². The van der Waals surface area contributed by atoms with Crippen molar-refractivity contribution in [2.24, 2.45) is 0 Å². The molecule has 0 radical (unpaired) electrons. The van der Waals surface area contributed by atoms with E-state index in [-0.39, 0.29) is 17.7 Å². The van der Waals surface area contributed by atoms with Crippen molar-refractivity contribution < 1.29 is 4.79 Å². The topological polar surface area (TPSA) is 101 Å². The van der Waals surface area contributed by atoms with Gasteiger partial charge in [-0.25, -0.2) is 9.67 Å². The summed E-state index contributed by atoms with van der Waals surface area (Å²) in [5.41, 5.74) is 1.86. The molecule has 2 N–H and O–H groups in total. The minimum Gasteiger partial charge on any atom is -0.346 e. The first-order chi connectivity index (χ1) is 11.7. The van der Waals surface area contributed by atoms with E-state index in [1.807, 2.05) is 31.2 Å². The van der Waals surface area contributed by atoms with Gasteiger partial charge in [0.25, 0.3) is 0 Å². The van der Waals surface area contributed by atoms with Gasteiger partial charge in [0.2, 0.25) is 11.1 Å². The molecule has 0 aliphatic heterocycles. The minimum absolute atomic E-state index is 0.0710. The number of carbonyl (C=O) groups excluding carboxylic acids is 1. The number of nitrogens with zero attached hydrogens (tertiary/aromatic N) is 5. The number of amides is 1. The number of aromatic amines is 1. The van der Waals surface area contributed by atoms with E-state index in [4.69, 9.17) is 0 Å². The Bertz CT molecular complexity index is 836. The highest BCUT2D eigenvalue weighted by Crippen LogP contribution is 2.36. The molecule has 3 aromatic rings.